The third-order valence-corrected chi connectivity index (χ3v) is 2.98. The van der Waals surface area contributed by atoms with Gasteiger partial charge in [0.2, 0.25) is 0 Å². The van der Waals surface area contributed by atoms with Crippen LogP contribution in [0.15, 0.2) is 22.6 Å². The Morgan fingerprint density at radius 1 is 1.43 bits per heavy atom. The van der Waals surface area contributed by atoms with Gasteiger partial charge in [-0.1, -0.05) is 11.6 Å². The summed E-state index contributed by atoms with van der Waals surface area (Å²) in [7, 11) is 0. The van der Waals surface area contributed by atoms with Gasteiger partial charge in [0.1, 0.15) is 34.5 Å². The zero-order valence-electron chi connectivity index (χ0n) is 13.2. The minimum absolute atomic E-state index is 0.164. The van der Waals surface area contributed by atoms with Crippen LogP contribution in [0.3, 0.4) is 0 Å². The molecule has 2 aromatic rings. The van der Waals surface area contributed by atoms with E-state index >= 15 is 0 Å². The molecule has 0 saturated heterocycles. The molecule has 2 aromatic heterocycles. The van der Waals surface area contributed by atoms with Crippen LogP contribution in [-0.2, 0) is 4.74 Å². The van der Waals surface area contributed by atoms with Crippen LogP contribution in [0.25, 0.3) is 11.5 Å². The van der Waals surface area contributed by atoms with Gasteiger partial charge in [-0.05, 0) is 39.8 Å². The van der Waals surface area contributed by atoms with Crippen molar-refractivity contribution in [3.63, 3.8) is 0 Å². The van der Waals surface area contributed by atoms with Gasteiger partial charge in [0.05, 0.1) is 5.02 Å². The summed E-state index contributed by atoms with van der Waals surface area (Å²) in [6, 6.07) is 6.82. The van der Waals surface area contributed by atoms with E-state index in [9.17, 15) is 10.1 Å². The molecule has 23 heavy (non-hydrogen) atoms. The average Bonchev–Trinajstić information content (AvgIpc) is 2.82. The van der Waals surface area contributed by atoms with Crippen molar-refractivity contribution in [1.29, 1.82) is 5.26 Å². The quantitative estimate of drug-likeness (QED) is 0.872. The lowest BCUT2D eigenvalue weighted by atomic mass is 10.1. The second-order valence-electron chi connectivity index (χ2n) is 5.86. The summed E-state index contributed by atoms with van der Waals surface area (Å²) < 4.78 is 10.7. The molecule has 0 spiro atoms. The number of carbonyl (C=O) groups excluding carboxylic acids is 1. The Hall–Kier alpha value is -2.52. The third-order valence-electron chi connectivity index (χ3n) is 2.69. The van der Waals surface area contributed by atoms with E-state index in [4.69, 9.17) is 20.8 Å². The van der Waals surface area contributed by atoms with Crippen molar-refractivity contribution in [1.82, 2.24) is 4.98 Å². The number of aromatic nitrogens is 1. The number of rotatable bonds is 2. The number of ether oxygens (including phenoxy) is 1. The summed E-state index contributed by atoms with van der Waals surface area (Å²) in [5.41, 5.74) is -0.198. The summed E-state index contributed by atoms with van der Waals surface area (Å²) in [5.74, 6) is 1.24. The first kappa shape index (κ1) is 16.8. The fraction of sp³-hybridized carbons (Fsp3) is 0.312. The molecule has 0 bridgehead atoms. The number of halogens is 1. The van der Waals surface area contributed by atoms with Gasteiger partial charge in [-0.3, -0.25) is 5.32 Å². The van der Waals surface area contributed by atoms with Crippen molar-refractivity contribution < 1.29 is 13.9 Å². The number of anilines is 1. The number of hydrogen-bond donors (Lipinski definition) is 1. The molecule has 120 valence electrons. The molecule has 0 saturated carbocycles. The van der Waals surface area contributed by atoms with Crippen LogP contribution in [-0.4, -0.2) is 16.7 Å². The van der Waals surface area contributed by atoms with Gasteiger partial charge in [0, 0.05) is 6.07 Å². The van der Waals surface area contributed by atoms with Crippen LogP contribution in [0.4, 0.5) is 10.6 Å². The Morgan fingerprint density at radius 2 is 2.13 bits per heavy atom. The summed E-state index contributed by atoms with van der Waals surface area (Å²) in [6.45, 7) is 7.04. The maximum atomic E-state index is 11.8. The lowest BCUT2D eigenvalue weighted by molar-refractivity contribution is 0.0635. The van der Waals surface area contributed by atoms with Gasteiger partial charge < -0.3 is 9.15 Å². The van der Waals surface area contributed by atoms with E-state index in [2.05, 4.69) is 10.3 Å². The van der Waals surface area contributed by atoms with Crippen LogP contribution < -0.4 is 5.32 Å². The molecule has 0 aliphatic heterocycles. The van der Waals surface area contributed by atoms with Gasteiger partial charge in [0.15, 0.2) is 5.76 Å². The predicted molar refractivity (Wildman–Crippen MR) is 86.3 cm³/mol. The Kier molecular flexibility index (Phi) is 4.62. The minimum Gasteiger partial charge on any atom is -0.460 e. The molecule has 0 fully saturated rings. The number of carbonyl (C=O) groups is 1. The van der Waals surface area contributed by atoms with Crippen molar-refractivity contribution >= 4 is 23.5 Å². The lowest BCUT2D eigenvalue weighted by Crippen LogP contribution is -2.27. The summed E-state index contributed by atoms with van der Waals surface area (Å²) in [5, 5.41) is 11.9. The van der Waals surface area contributed by atoms with Crippen LogP contribution in [0, 0.1) is 18.3 Å². The van der Waals surface area contributed by atoms with E-state index in [-0.39, 0.29) is 22.1 Å². The highest BCUT2D eigenvalue weighted by molar-refractivity contribution is 6.32. The van der Waals surface area contributed by atoms with E-state index in [1.165, 1.54) is 6.07 Å². The van der Waals surface area contributed by atoms with Gasteiger partial charge in [-0.15, -0.1) is 0 Å². The molecule has 0 aromatic carbocycles. The molecule has 2 heterocycles. The second-order valence-corrected chi connectivity index (χ2v) is 6.27. The highest BCUT2D eigenvalue weighted by Gasteiger charge is 2.20. The van der Waals surface area contributed by atoms with Crippen molar-refractivity contribution in [2.24, 2.45) is 0 Å². The largest absolute Gasteiger partial charge is 0.460 e. The summed E-state index contributed by atoms with van der Waals surface area (Å²) in [6.07, 6.45) is -0.660. The first-order chi connectivity index (χ1) is 10.7. The number of nitrogens with one attached hydrogen (secondary N) is 1. The number of hydrogen-bond acceptors (Lipinski definition) is 5. The summed E-state index contributed by atoms with van der Waals surface area (Å²) >= 11 is 6.11. The van der Waals surface area contributed by atoms with Gasteiger partial charge in [-0.25, -0.2) is 9.78 Å². The number of nitriles is 1. The Morgan fingerprint density at radius 3 is 2.65 bits per heavy atom. The van der Waals surface area contributed by atoms with Crippen LogP contribution in [0.5, 0.6) is 0 Å². The maximum Gasteiger partial charge on any atom is 0.413 e. The second kappa shape index (κ2) is 6.31. The Bertz CT molecular complexity index is 785. The zero-order chi connectivity index (χ0) is 17.2. The van der Waals surface area contributed by atoms with E-state index in [1.807, 2.05) is 6.07 Å². The van der Waals surface area contributed by atoms with Crippen molar-refractivity contribution in [2.75, 3.05) is 5.32 Å². The highest BCUT2D eigenvalue weighted by atomic mass is 35.5. The van der Waals surface area contributed by atoms with Crippen LogP contribution in [0.1, 0.15) is 32.1 Å². The van der Waals surface area contributed by atoms with Crippen LogP contribution >= 0.6 is 11.6 Å². The summed E-state index contributed by atoms with van der Waals surface area (Å²) in [4.78, 5) is 16.1. The van der Waals surface area contributed by atoms with E-state index in [0.29, 0.717) is 11.5 Å². The van der Waals surface area contributed by atoms with E-state index in [0.717, 1.165) is 0 Å². The molecule has 0 aliphatic rings. The molecule has 0 unspecified atom stereocenters. The number of furan rings is 1. The normalized spacial score (nSPS) is 11.0. The van der Waals surface area contributed by atoms with Gasteiger partial charge in [-0.2, -0.15) is 5.26 Å². The Labute approximate surface area is 139 Å². The number of aryl methyl sites for hydroxylation is 1. The molecule has 0 radical (unpaired) electrons. The number of nitrogens with zero attached hydrogens (tertiary/aromatic N) is 2. The first-order valence-corrected chi connectivity index (χ1v) is 7.25. The predicted octanol–water partition coefficient (Wildman–Crippen LogP) is 4.52. The fourth-order valence-electron chi connectivity index (χ4n) is 1.83. The fourth-order valence-corrected chi connectivity index (χ4v) is 2.07. The van der Waals surface area contributed by atoms with Crippen molar-refractivity contribution in [3.8, 4) is 17.5 Å². The molecule has 2 rings (SSSR count). The first-order valence-electron chi connectivity index (χ1n) is 6.87. The minimum atomic E-state index is -0.660. The average molecular weight is 334 g/mol. The molecule has 7 heteroatoms. The maximum absolute atomic E-state index is 11.8. The van der Waals surface area contributed by atoms with E-state index in [1.54, 1.807) is 39.8 Å². The highest BCUT2D eigenvalue weighted by Crippen LogP contribution is 2.30. The standard InChI is InChI=1S/C16H16ClN3O3/c1-9-5-6-12(22-9)14-10(8-18)11(17)7-13(19-14)20-15(21)23-16(2,3)4/h5-7H,1-4H3,(H,19,20,21). The monoisotopic (exact) mass is 333 g/mol. The van der Waals surface area contributed by atoms with E-state index < -0.39 is 11.7 Å². The smallest absolute Gasteiger partial charge is 0.413 e. The molecule has 0 atom stereocenters. The van der Waals surface area contributed by atoms with Gasteiger partial charge in [0.25, 0.3) is 0 Å². The van der Waals surface area contributed by atoms with Crippen LogP contribution in [0.2, 0.25) is 5.02 Å². The molecule has 1 amide bonds. The Balaban J connectivity index is 2.38. The topological polar surface area (TPSA) is 88.1 Å². The SMILES string of the molecule is Cc1ccc(-c2nc(NC(=O)OC(C)(C)C)cc(Cl)c2C#N)o1. The lowest BCUT2D eigenvalue weighted by Gasteiger charge is -2.19. The number of amides is 1. The van der Waals surface area contributed by atoms with Gasteiger partial charge >= 0.3 is 6.09 Å². The third kappa shape index (κ3) is 4.24. The van der Waals surface area contributed by atoms with Crippen molar-refractivity contribution in [2.45, 2.75) is 33.3 Å². The molecular formula is C16H16ClN3O3. The number of pyridine rings is 1. The zero-order valence-corrected chi connectivity index (χ0v) is 14.0. The molecule has 0 aliphatic carbocycles. The molecular weight excluding hydrogens is 318 g/mol. The molecule has 1 N–H and O–H groups in total. The molecule has 6 nitrogen and oxygen atoms in total. The van der Waals surface area contributed by atoms with Crippen molar-refractivity contribution in [3.05, 3.63) is 34.5 Å².